The van der Waals surface area contributed by atoms with Crippen LogP contribution in [0.15, 0.2) is 29.1 Å². The van der Waals surface area contributed by atoms with Crippen molar-refractivity contribution in [3.63, 3.8) is 0 Å². The summed E-state index contributed by atoms with van der Waals surface area (Å²) in [6.45, 7) is 6.24. The van der Waals surface area contributed by atoms with Gasteiger partial charge in [0.2, 0.25) is 0 Å². The Morgan fingerprint density at radius 3 is 2.57 bits per heavy atom. The van der Waals surface area contributed by atoms with Crippen molar-refractivity contribution in [3.05, 3.63) is 51.7 Å². The highest BCUT2D eigenvalue weighted by molar-refractivity contribution is 5.77. The summed E-state index contributed by atoms with van der Waals surface area (Å²) in [5.74, 6) is 1.71. The fourth-order valence-electron chi connectivity index (χ4n) is 2.32. The molecule has 1 N–H and O–H groups in total. The number of nitrogens with zero attached hydrogens (tertiary/aromatic N) is 2. The van der Waals surface area contributed by atoms with E-state index in [0.29, 0.717) is 29.6 Å². The minimum absolute atomic E-state index is 0.0586. The first-order valence-electron chi connectivity index (χ1n) is 9.19. The number of likely N-dealkylation sites (N-methyl/N-ethyl adjacent to an activating group) is 1. The fourth-order valence-corrected chi connectivity index (χ4v) is 2.32. The van der Waals surface area contributed by atoms with Gasteiger partial charge in [0, 0.05) is 26.1 Å². The van der Waals surface area contributed by atoms with Crippen LogP contribution in [0.3, 0.4) is 0 Å². The second-order valence-electron chi connectivity index (χ2n) is 6.76. The first kappa shape index (κ1) is 21.2. The van der Waals surface area contributed by atoms with Crippen LogP contribution in [0.1, 0.15) is 43.8 Å². The Labute approximate surface area is 165 Å². The second-order valence-corrected chi connectivity index (χ2v) is 6.76. The number of aromatic amines is 1. The van der Waals surface area contributed by atoms with Crippen LogP contribution in [0.4, 0.5) is 0 Å². The number of hydrogen-bond acceptors (Lipinski definition) is 5. The Kier molecular flexibility index (Phi) is 7.37. The van der Waals surface area contributed by atoms with Crippen LogP contribution < -0.4 is 15.0 Å². The van der Waals surface area contributed by atoms with Gasteiger partial charge >= 0.3 is 0 Å². The van der Waals surface area contributed by atoms with Gasteiger partial charge in [0.05, 0.1) is 12.3 Å². The van der Waals surface area contributed by atoms with Gasteiger partial charge in [-0.1, -0.05) is 26.0 Å². The van der Waals surface area contributed by atoms with Crippen LogP contribution in [0.2, 0.25) is 0 Å². The maximum Gasteiger partial charge on any atom is 0.259 e. The molecule has 0 fully saturated rings. The molecule has 1 amide bonds. The van der Waals surface area contributed by atoms with E-state index in [1.54, 1.807) is 26.2 Å². The van der Waals surface area contributed by atoms with Crippen LogP contribution in [0.5, 0.6) is 11.5 Å². The number of carbonyl (C=O) groups is 1. The molecule has 0 bridgehead atoms. The van der Waals surface area contributed by atoms with Crippen molar-refractivity contribution in [2.45, 2.75) is 26.7 Å². The average molecular weight is 385 g/mol. The number of H-pyrrole nitrogens is 1. The third-order valence-electron chi connectivity index (χ3n) is 3.89. The molecule has 0 atom stereocenters. The summed E-state index contributed by atoms with van der Waals surface area (Å²) >= 11 is 0. The van der Waals surface area contributed by atoms with Gasteiger partial charge in [-0.15, -0.1) is 0 Å². The molecule has 0 radical (unpaired) electrons. The Morgan fingerprint density at radius 2 is 1.93 bits per heavy atom. The number of ether oxygens (including phenoxy) is 2. The summed E-state index contributed by atoms with van der Waals surface area (Å²) in [5, 5.41) is 0. The van der Waals surface area contributed by atoms with Crippen LogP contribution in [-0.4, -0.2) is 48.1 Å². The minimum atomic E-state index is -0.178. The monoisotopic (exact) mass is 385 g/mol. The van der Waals surface area contributed by atoms with Gasteiger partial charge in [0.1, 0.15) is 5.82 Å². The zero-order valence-electron chi connectivity index (χ0n) is 17.0. The predicted molar refractivity (Wildman–Crippen MR) is 110 cm³/mol. The molecule has 0 aliphatic rings. The number of aromatic nitrogens is 2. The van der Waals surface area contributed by atoms with E-state index in [0.717, 1.165) is 5.56 Å². The van der Waals surface area contributed by atoms with E-state index in [2.05, 4.69) is 9.97 Å². The molecule has 2 aromatic rings. The third kappa shape index (κ3) is 5.97. The van der Waals surface area contributed by atoms with Gasteiger partial charge < -0.3 is 19.4 Å². The lowest BCUT2D eigenvalue weighted by Gasteiger charge is -2.14. The molecule has 1 aromatic heterocycles. The summed E-state index contributed by atoms with van der Waals surface area (Å²) in [6.07, 6.45) is 3.63. The zero-order chi connectivity index (χ0) is 20.7. The van der Waals surface area contributed by atoms with E-state index in [-0.39, 0.29) is 24.0 Å². The van der Waals surface area contributed by atoms with Gasteiger partial charge in [-0.2, -0.15) is 0 Å². The summed E-state index contributed by atoms with van der Waals surface area (Å²) < 4.78 is 11.2. The van der Waals surface area contributed by atoms with Crippen LogP contribution in [0.25, 0.3) is 12.2 Å². The summed E-state index contributed by atoms with van der Waals surface area (Å²) in [7, 11) is 3.35. The highest BCUT2D eigenvalue weighted by Gasteiger charge is 2.10. The number of carbonyl (C=O) groups excluding carboxylic acids is 1. The molecule has 0 unspecified atom stereocenters. The smallest absolute Gasteiger partial charge is 0.259 e. The lowest BCUT2D eigenvalue weighted by Crippen LogP contribution is -2.27. The molecule has 0 spiro atoms. The standard InChI is InChI=1S/C21H27N3O4/c1-6-27-18-11-15(8-10-17(18)28-13-20(26)24(4)5)7-9-16-12-19(25)23-21(22-16)14(2)3/h7-12,14H,6,13H2,1-5H3,(H,22,23,25)/b9-7+. The molecule has 0 saturated carbocycles. The topological polar surface area (TPSA) is 84.5 Å². The van der Waals surface area contributed by atoms with E-state index in [9.17, 15) is 9.59 Å². The quantitative estimate of drug-likeness (QED) is 0.755. The van der Waals surface area contributed by atoms with Crippen molar-refractivity contribution in [2.75, 3.05) is 27.3 Å². The van der Waals surface area contributed by atoms with Gasteiger partial charge in [-0.3, -0.25) is 9.59 Å². The molecule has 0 saturated heterocycles. The molecule has 7 nitrogen and oxygen atoms in total. The van der Waals surface area contributed by atoms with E-state index in [4.69, 9.17) is 9.47 Å². The fraction of sp³-hybridized carbons (Fsp3) is 0.381. The first-order valence-corrected chi connectivity index (χ1v) is 9.19. The largest absolute Gasteiger partial charge is 0.490 e. The summed E-state index contributed by atoms with van der Waals surface area (Å²) in [5.41, 5.74) is 1.27. The predicted octanol–water partition coefficient (Wildman–Crippen LogP) is 2.93. The maximum atomic E-state index is 11.8. The third-order valence-corrected chi connectivity index (χ3v) is 3.89. The Bertz CT molecular complexity index is 901. The molecule has 1 heterocycles. The van der Waals surface area contributed by atoms with Crippen LogP contribution in [0, 0.1) is 0 Å². The van der Waals surface area contributed by atoms with Crippen molar-refractivity contribution >= 4 is 18.1 Å². The summed E-state index contributed by atoms with van der Waals surface area (Å²) in [6, 6.07) is 6.89. The molecule has 28 heavy (non-hydrogen) atoms. The van der Waals surface area contributed by atoms with Crippen molar-refractivity contribution in [2.24, 2.45) is 0 Å². The minimum Gasteiger partial charge on any atom is -0.490 e. The molecule has 1 aromatic carbocycles. The number of rotatable bonds is 8. The molecule has 7 heteroatoms. The summed E-state index contributed by atoms with van der Waals surface area (Å²) in [4.78, 5) is 32.2. The Hall–Kier alpha value is -3.09. The number of benzene rings is 1. The van der Waals surface area contributed by atoms with Gasteiger partial charge in [0.25, 0.3) is 11.5 Å². The number of nitrogens with one attached hydrogen (secondary N) is 1. The SMILES string of the molecule is CCOc1cc(/C=C/c2cc(=O)[nH]c(C(C)C)n2)ccc1OCC(=O)N(C)C. The van der Waals surface area contributed by atoms with Gasteiger partial charge in [-0.25, -0.2) is 4.98 Å². The highest BCUT2D eigenvalue weighted by atomic mass is 16.5. The molecule has 0 aliphatic carbocycles. The molecular formula is C21H27N3O4. The van der Waals surface area contributed by atoms with Crippen molar-refractivity contribution in [3.8, 4) is 11.5 Å². The Morgan fingerprint density at radius 1 is 1.18 bits per heavy atom. The van der Waals surface area contributed by atoms with Crippen molar-refractivity contribution in [1.29, 1.82) is 0 Å². The molecule has 2 rings (SSSR count). The lowest BCUT2D eigenvalue weighted by molar-refractivity contribution is -0.130. The van der Waals surface area contributed by atoms with E-state index < -0.39 is 0 Å². The van der Waals surface area contributed by atoms with E-state index >= 15 is 0 Å². The zero-order valence-corrected chi connectivity index (χ0v) is 17.0. The van der Waals surface area contributed by atoms with E-state index in [1.165, 1.54) is 11.0 Å². The lowest BCUT2D eigenvalue weighted by atomic mass is 10.1. The van der Waals surface area contributed by atoms with Gasteiger partial charge in [-0.05, 0) is 30.7 Å². The van der Waals surface area contributed by atoms with E-state index in [1.807, 2.05) is 39.0 Å². The molecular weight excluding hydrogens is 358 g/mol. The number of hydrogen-bond donors (Lipinski definition) is 1. The van der Waals surface area contributed by atoms with Crippen molar-refractivity contribution in [1.82, 2.24) is 14.9 Å². The van der Waals surface area contributed by atoms with Crippen molar-refractivity contribution < 1.29 is 14.3 Å². The Balaban J connectivity index is 2.22. The normalized spacial score (nSPS) is 11.1. The first-order chi connectivity index (χ1) is 13.3. The average Bonchev–Trinajstić information content (AvgIpc) is 2.65. The molecule has 0 aliphatic heterocycles. The van der Waals surface area contributed by atoms with Crippen LogP contribution >= 0.6 is 0 Å². The second kappa shape index (κ2) is 9.73. The number of amides is 1. The van der Waals surface area contributed by atoms with Gasteiger partial charge in [0.15, 0.2) is 18.1 Å². The van der Waals surface area contributed by atoms with Crippen LogP contribution in [-0.2, 0) is 4.79 Å². The molecule has 150 valence electrons. The highest BCUT2D eigenvalue weighted by Crippen LogP contribution is 2.29. The maximum absolute atomic E-state index is 11.8.